The summed E-state index contributed by atoms with van der Waals surface area (Å²) in [6.45, 7) is 3.17. The topological polar surface area (TPSA) is 72.6 Å². The van der Waals surface area contributed by atoms with E-state index in [0.29, 0.717) is 31.1 Å². The number of piperidine rings is 1. The Kier molecular flexibility index (Phi) is 6.24. The average molecular weight is 366 g/mol. The van der Waals surface area contributed by atoms with Gasteiger partial charge in [-0.1, -0.05) is 54.6 Å². The highest BCUT2D eigenvalue weighted by Gasteiger charge is 2.31. The lowest BCUT2D eigenvalue weighted by Gasteiger charge is -2.34. The molecule has 27 heavy (non-hydrogen) atoms. The summed E-state index contributed by atoms with van der Waals surface area (Å²) in [5.74, 6) is -0.180. The van der Waals surface area contributed by atoms with Crippen molar-refractivity contribution in [3.63, 3.8) is 0 Å². The zero-order chi connectivity index (χ0) is 19.2. The smallest absolute Gasteiger partial charge is 0.303 e. The fourth-order valence-corrected chi connectivity index (χ4v) is 3.63. The number of benzene rings is 2. The minimum atomic E-state index is -0.874. The monoisotopic (exact) mass is 366 g/mol. The predicted molar refractivity (Wildman–Crippen MR) is 104 cm³/mol. The molecule has 0 unspecified atom stereocenters. The summed E-state index contributed by atoms with van der Waals surface area (Å²) < 4.78 is 5.35. The van der Waals surface area contributed by atoms with Crippen LogP contribution in [0.2, 0.25) is 0 Å². The summed E-state index contributed by atoms with van der Waals surface area (Å²) in [5.41, 5.74) is 8.86. The Labute approximate surface area is 160 Å². The van der Waals surface area contributed by atoms with Gasteiger partial charge in [-0.05, 0) is 29.9 Å². The van der Waals surface area contributed by atoms with E-state index < -0.39 is 12.1 Å². The molecule has 1 aliphatic heterocycles. The number of likely N-dealkylation sites (tertiary alicyclic amines) is 1. The summed E-state index contributed by atoms with van der Waals surface area (Å²) in [5, 5.41) is 0. The molecule has 0 bridgehead atoms. The van der Waals surface area contributed by atoms with Gasteiger partial charge in [-0.25, -0.2) is 0 Å². The number of nitrogens with zero attached hydrogens (tertiary/aromatic N) is 1. The molecule has 0 saturated carbocycles. The molecule has 1 amide bonds. The van der Waals surface area contributed by atoms with Crippen LogP contribution >= 0.6 is 0 Å². The van der Waals surface area contributed by atoms with E-state index in [4.69, 9.17) is 10.5 Å². The number of amides is 1. The lowest BCUT2D eigenvalue weighted by atomic mass is 9.88. The third-order valence-electron chi connectivity index (χ3n) is 5.08. The van der Waals surface area contributed by atoms with Gasteiger partial charge < -0.3 is 15.4 Å². The molecule has 1 saturated heterocycles. The molecule has 1 atom stereocenters. The molecule has 142 valence electrons. The van der Waals surface area contributed by atoms with Crippen LogP contribution in [0.25, 0.3) is 0 Å². The molecule has 5 heteroatoms. The molecule has 2 aromatic carbocycles. The minimum Gasteiger partial charge on any atom is -0.447 e. The SMILES string of the molecule is CC(=O)O[C@@H](C(=O)N1CCC(c2cccc(CN)c2)CC1)c1ccccc1. The van der Waals surface area contributed by atoms with Crippen molar-refractivity contribution in [3.05, 3.63) is 71.3 Å². The van der Waals surface area contributed by atoms with E-state index >= 15 is 0 Å². The Morgan fingerprint density at radius 2 is 1.81 bits per heavy atom. The molecule has 2 aromatic rings. The first kappa shape index (κ1) is 19.1. The zero-order valence-corrected chi connectivity index (χ0v) is 15.6. The number of carbonyl (C=O) groups excluding carboxylic acids is 2. The molecule has 2 N–H and O–H groups in total. The van der Waals surface area contributed by atoms with Crippen molar-refractivity contribution in [3.8, 4) is 0 Å². The standard InChI is InChI=1S/C22H26N2O3/c1-16(25)27-21(19-7-3-2-4-8-19)22(26)24-12-10-18(11-13-24)20-9-5-6-17(14-20)15-23/h2-9,14,18,21H,10-13,15,23H2,1H3/t21-/m1/s1. The summed E-state index contributed by atoms with van der Waals surface area (Å²) in [7, 11) is 0. The second-order valence-corrected chi connectivity index (χ2v) is 6.95. The van der Waals surface area contributed by atoms with Crippen LogP contribution in [0.1, 0.15) is 48.5 Å². The molecule has 1 fully saturated rings. The molecule has 0 radical (unpaired) electrons. The van der Waals surface area contributed by atoms with Crippen LogP contribution in [0.4, 0.5) is 0 Å². The summed E-state index contributed by atoms with van der Waals surface area (Å²) in [6.07, 6.45) is 0.906. The summed E-state index contributed by atoms with van der Waals surface area (Å²) in [6, 6.07) is 17.6. The first-order valence-corrected chi connectivity index (χ1v) is 9.38. The largest absolute Gasteiger partial charge is 0.447 e. The predicted octanol–water partition coefficient (Wildman–Crippen LogP) is 3.16. The van der Waals surface area contributed by atoms with Crippen molar-refractivity contribution in [2.45, 2.75) is 38.3 Å². The van der Waals surface area contributed by atoms with E-state index in [1.807, 2.05) is 47.4 Å². The quantitative estimate of drug-likeness (QED) is 0.825. The van der Waals surface area contributed by atoms with Gasteiger partial charge >= 0.3 is 5.97 Å². The number of carbonyl (C=O) groups is 2. The van der Waals surface area contributed by atoms with Gasteiger partial charge in [0.1, 0.15) is 0 Å². The van der Waals surface area contributed by atoms with Crippen LogP contribution in [-0.4, -0.2) is 29.9 Å². The van der Waals surface area contributed by atoms with E-state index in [9.17, 15) is 9.59 Å². The Hall–Kier alpha value is -2.66. The van der Waals surface area contributed by atoms with Crippen LogP contribution < -0.4 is 5.73 Å². The third-order valence-corrected chi connectivity index (χ3v) is 5.08. The Bertz CT molecular complexity index is 783. The molecule has 1 aliphatic rings. The molecular formula is C22H26N2O3. The number of nitrogens with two attached hydrogens (primary N) is 1. The van der Waals surface area contributed by atoms with Crippen molar-refractivity contribution in [1.29, 1.82) is 0 Å². The van der Waals surface area contributed by atoms with Gasteiger partial charge in [0, 0.05) is 32.1 Å². The summed E-state index contributed by atoms with van der Waals surface area (Å²) in [4.78, 5) is 26.3. The second-order valence-electron chi connectivity index (χ2n) is 6.95. The summed E-state index contributed by atoms with van der Waals surface area (Å²) >= 11 is 0. The highest BCUT2D eigenvalue weighted by molar-refractivity contribution is 5.84. The zero-order valence-electron chi connectivity index (χ0n) is 15.6. The van der Waals surface area contributed by atoms with Crippen molar-refractivity contribution < 1.29 is 14.3 Å². The van der Waals surface area contributed by atoms with E-state index in [-0.39, 0.29) is 5.91 Å². The first-order valence-electron chi connectivity index (χ1n) is 9.38. The van der Waals surface area contributed by atoms with Crippen LogP contribution in [0.3, 0.4) is 0 Å². The van der Waals surface area contributed by atoms with E-state index in [2.05, 4.69) is 12.1 Å². The third kappa shape index (κ3) is 4.74. The fraction of sp³-hybridized carbons (Fsp3) is 0.364. The molecule has 5 nitrogen and oxygen atoms in total. The Balaban J connectivity index is 1.68. The lowest BCUT2D eigenvalue weighted by molar-refractivity contribution is -0.159. The fourth-order valence-electron chi connectivity index (χ4n) is 3.63. The number of esters is 1. The van der Waals surface area contributed by atoms with Crippen molar-refractivity contribution in [2.24, 2.45) is 5.73 Å². The van der Waals surface area contributed by atoms with Crippen molar-refractivity contribution >= 4 is 11.9 Å². The van der Waals surface area contributed by atoms with E-state index in [0.717, 1.165) is 18.4 Å². The molecule has 0 spiro atoms. The maximum absolute atomic E-state index is 13.0. The van der Waals surface area contributed by atoms with Crippen molar-refractivity contribution in [2.75, 3.05) is 13.1 Å². The number of hydrogen-bond donors (Lipinski definition) is 1. The van der Waals surface area contributed by atoms with Crippen LogP contribution in [0.15, 0.2) is 54.6 Å². The molecule has 3 rings (SSSR count). The van der Waals surface area contributed by atoms with Gasteiger partial charge in [0.05, 0.1) is 0 Å². The minimum absolute atomic E-state index is 0.148. The molecular weight excluding hydrogens is 340 g/mol. The molecule has 0 aliphatic carbocycles. The van der Waals surface area contributed by atoms with Gasteiger partial charge in [-0.15, -0.1) is 0 Å². The Morgan fingerprint density at radius 3 is 2.44 bits per heavy atom. The Morgan fingerprint density at radius 1 is 1.11 bits per heavy atom. The van der Waals surface area contributed by atoms with Gasteiger partial charge in [0.25, 0.3) is 5.91 Å². The first-order chi connectivity index (χ1) is 13.1. The lowest BCUT2D eigenvalue weighted by Crippen LogP contribution is -2.41. The maximum Gasteiger partial charge on any atom is 0.303 e. The van der Waals surface area contributed by atoms with E-state index in [1.165, 1.54) is 12.5 Å². The van der Waals surface area contributed by atoms with Crippen LogP contribution in [-0.2, 0) is 20.9 Å². The van der Waals surface area contributed by atoms with E-state index in [1.54, 1.807) is 0 Å². The van der Waals surface area contributed by atoms with Crippen LogP contribution in [0, 0.1) is 0 Å². The molecule has 1 heterocycles. The van der Waals surface area contributed by atoms with Crippen LogP contribution in [0.5, 0.6) is 0 Å². The highest BCUT2D eigenvalue weighted by Crippen LogP contribution is 2.30. The second kappa shape index (κ2) is 8.82. The average Bonchev–Trinajstić information content (AvgIpc) is 2.72. The number of hydrogen-bond acceptors (Lipinski definition) is 4. The van der Waals surface area contributed by atoms with Gasteiger partial charge in [-0.3, -0.25) is 9.59 Å². The normalized spacial score (nSPS) is 16.0. The number of rotatable bonds is 5. The molecule has 0 aromatic heterocycles. The van der Waals surface area contributed by atoms with Gasteiger partial charge in [0.15, 0.2) is 0 Å². The van der Waals surface area contributed by atoms with Gasteiger partial charge in [-0.2, -0.15) is 0 Å². The van der Waals surface area contributed by atoms with Crippen molar-refractivity contribution in [1.82, 2.24) is 4.90 Å². The number of ether oxygens (including phenoxy) is 1. The highest BCUT2D eigenvalue weighted by atomic mass is 16.5. The maximum atomic E-state index is 13.0. The van der Waals surface area contributed by atoms with Gasteiger partial charge in [0.2, 0.25) is 6.10 Å².